The molecule has 110 valence electrons. The molecule has 0 aromatic heterocycles. The molecule has 0 radical (unpaired) electrons. The van der Waals surface area contributed by atoms with Gasteiger partial charge in [0, 0.05) is 11.3 Å². The van der Waals surface area contributed by atoms with E-state index in [0.717, 1.165) is 22.3 Å². The second-order valence-electron chi connectivity index (χ2n) is 4.89. The maximum absolute atomic E-state index is 14.1. The first kappa shape index (κ1) is 15.6. The van der Waals surface area contributed by atoms with Crippen LogP contribution in [0.5, 0.6) is 0 Å². The van der Waals surface area contributed by atoms with Crippen molar-refractivity contribution in [3.8, 4) is 0 Å². The fourth-order valence-electron chi connectivity index (χ4n) is 2.36. The highest BCUT2D eigenvalue weighted by Gasteiger charge is 2.14. The Labute approximate surface area is 128 Å². The van der Waals surface area contributed by atoms with Gasteiger partial charge in [-0.05, 0) is 48.4 Å². The zero-order valence-electron chi connectivity index (χ0n) is 12.4. The molecule has 21 heavy (non-hydrogen) atoms. The minimum atomic E-state index is -0.217. The zero-order chi connectivity index (χ0) is 15.4. The van der Waals surface area contributed by atoms with Gasteiger partial charge in [-0.25, -0.2) is 4.39 Å². The second kappa shape index (κ2) is 6.76. The number of hydrogen-bond donors (Lipinski definition) is 1. The summed E-state index contributed by atoms with van der Waals surface area (Å²) < 4.78 is 14.1. The zero-order valence-corrected chi connectivity index (χ0v) is 13.2. The number of benzene rings is 2. The van der Waals surface area contributed by atoms with Crippen LogP contribution in [0, 0.1) is 19.7 Å². The van der Waals surface area contributed by atoms with Crippen LogP contribution in [-0.2, 0) is 6.42 Å². The Bertz CT molecular complexity index is 668. The molecule has 2 aromatic rings. The lowest BCUT2D eigenvalue weighted by atomic mass is 9.96. The van der Waals surface area contributed by atoms with Crippen molar-refractivity contribution in [2.24, 2.45) is 5.16 Å². The fraction of sp³-hybridized carbons (Fsp3) is 0.235. The molecule has 2 rings (SSSR count). The van der Waals surface area contributed by atoms with E-state index >= 15 is 0 Å². The molecule has 0 amide bonds. The van der Waals surface area contributed by atoms with Gasteiger partial charge in [0.2, 0.25) is 0 Å². The van der Waals surface area contributed by atoms with Crippen LogP contribution in [0.1, 0.15) is 22.3 Å². The van der Waals surface area contributed by atoms with Crippen molar-refractivity contribution in [1.29, 1.82) is 0 Å². The van der Waals surface area contributed by atoms with Crippen LogP contribution in [0.4, 0.5) is 4.39 Å². The van der Waals surface area contributed by atoms with Gasteiger partial charge in [0.25, 0.3) is 0 Å². The molecule has 0 saturated carbocycles. The van der Waals surface area contributed by atoms with Crippen LogP contribution in [-0.4, -0.2) is 17.2 Å². The van der Waals surface area contributed by atoms with Crippen LogP contribution < -0.4 is 0 Å². The molecule has 4 heteroatoms. The van der Waals surface area contributed by atoms with E-state index in [-0.39, 0.29) is 5.82 Å². The molecular formula is C17H18FNOS. The van der Waals surface area contributed by atoms with Crippen molar-refractivity contribution >= 4 is 17.5 Å². The predicted molar refractivity (Wildman–Crippen MR) is 86.1 cm³/mol. The molecule has 0 aliphatic heterocycles. The van der Waals surface area contributed by atoms with Gasteiger partial charge in [-0.3, -0.25) is 0 Å². The van der Waals surface area contributed by atoms with Gasteiger partial charge in [-0.1, -0.05) is 35.5 Å². The Morgan fingerprint density at radius 3 is 2.43 bits per heavy atom. The topological polar surface area (TPSA) is 32.6 Å². The van der Waals surface area contributed by atoms with E-state index in [1.165, 1.54) is 11.8 Å². The van der Waals surface area contributed by atoms with Crippen LogP contribution in [0.15, 0.2) is 46.4 Å². The molecule has 0 unspecified atom stereocenters. The van der Waals surface area contributed by atoms with Gasteiger partial charge in [0.1, 0.15) is 5.82 Å². The summed E-state index contributed by atoms with van der Waals surface area (Å²) in [6, 6.07) is 11.0. The minimum Gasteiger partial charge on any atom is -0.411 e. The average molecular weight is 303 g/mol. The van der Waals surface area contributed by atoms with Gasteiger partial charge >= 0.3 is 0 Å². The SMILES string of the molecule is CSc1c(F)cc(C/C(=N/O)c2ccccc2)c(C)c1C. The third-order valence-corrected chi connectivity index (χ3v) is 4.60. The van der Waals surface area contributed by atoms with Crippen LogP contribution in [0.25, 0.3) is 0 Å². The first-order valence-electron chi connectivity index (χ1n) is 6.67. The monoisotopic (exact) mass is 303 g/mol. The lowest BCUT2D eigenvalue weighted by Crippen LogP contribution is -2.08. The number of oxime groups is 1. The Morgan fingerprint density at radius 1 is 1.19 bits per heavy atom. The van der Waals surface area contributed by atoms with E-state index in [4.69, 9.17) is 0 Å². The lowest BCUT2D eigenvalue weighted by Gasteiger charge is -2.14. The van der Waals surface area contributed by atoms with Gasteiger partial charge in [0.15, 0.2) is 0 Å². The smallest absolute Gasteiger partial charge is 0.137 e. The molecular weight excluding hydrogens is 285 g/mol. The van der Waals surface area contributed by atoms with Crippen LogP contribution in [0.3, 0.4) is 0 Å². The summed E-state index contributed by atoms with van der Waals surface area (Å²) >= 11 is 1.41. The van der Waals surface area contributed by atoms with Gasteiger partial charge in [0.05, 0.1) is 5.71 Å². The van der Waals surface area contributed by atoms with E-state index in [0.29, 0.717) is 17.0 Å². The Hall–Kier alpha value is -1.81. The lowest BCUT2D eigenvalue weighted by molar-refractivity contribution is 0.318. The highest BCUT2D eigenvalue weighted by molar-refractivity contribution is 7.98. The van der Waals surface area contributed by atoms with E-state index in [2.05, 4.69) is 5.16 Å². The molecule has 0 saturated heterocycles. The molecule has 0 heterocycles. The second-order valence-corrected chi connectivity index (χ2v) is 5.71. The van der Waals surface area contributed by atoms with Crippen molar-refractivity contribution in [2.75, 3.05) is 6.26 Å². The minimum absolute atomic E-state index is 0.217. The van der Waals surface area contributed by atoms with Crippen LogP contribution in [0.2, 0.25) is 0 Å². The van der Waals surface area contributed by atoms with Gasteiger partial charge in [-0.15, -0.1) is 11.8 Å². The summed E-state index contributed by atoms with van der Waals surface area (Å²) in [6.07, 6.45) is 2.27. The predicted octanol–water partition coefficient (Wildman–Crippen LogP) is 4.59. The van der Waals surface area contributed by atoms with E-state index in [1.807, 2.05) is 50.4 Å². The van der Waals surface area contributed by atoms with E-state index in [9.17, 15) is 9.60 Å². The average Bonchev–Trinajstić information content (AvgIpc) is 2.51. The van der Waals surface area contributed by atoms with Crippen molar-refractivity contribution in [3.63, 3.8) is 0 Å². The quantitative estimate of drug-likeness (QED) is 0.388. The highest BCUT2D eigenvalue weighted by atomic mass is 32.2. The third kappa shape index (κ3) is 3.27. The summed E-state index contributed by atoms with van der Waals surface area (Å²) in [5, 5.41) is 12.6. The molecule has 2 aromatic carbocycles. The summed E-state index contributed by atoms with van der Waals surface area (Å²) in [4.78, 5) is 0.679. The van der Waals surface area contributed by atoms with Gasteiger partial charge in [-0.2, -0.15) is 0 Å². The summed E-state index contributed by atoms with van der Waals surface area (Å²) in [7, 11) is 0. The number of halogens is 1. The van der Waals surface area contributed by atoms with E-state index < -0.39 is 0 Å². The summed E-state index contributed by atoms with van der Waals surface area (Å²) in [5.41, 5.74) is 4.21. The molecule has 0 aliphatic rings. The Kier molecular flexibility index (Phi) is 5.02. The van der Waals surface area contributed by atoms with Crippen LogP contribution >= 0.6 is 11.8 Å². The number of thioether (sulfide) groups is 1. The Balaban J connectivity index is 2.40. The van der Waals surface area contributed by atoms with Crippen molar-refractivity contribution < 1.29 is 9.60 Å². The maximum Gasteiger partial charge on any atom is 0.137 e. The van der Waals surface area contributed by atoms with Crippen molar-refractivity contribution in [2.45, 2.75) is 25.2 Å². The first-order valence-corrected chi connectivity index (χ1v) is 7.89. The number of nitrogens with zero attached hydrogens (tertiary/aromatic N) is 1. The Morgan fingerprint density at radius 2 is 1.86 bits per heavy atom. The van der Waals surface area contributed by atoms with Gasteiger partial charge < -0.3 is 5.21 Å². The van der Waals surface area contributed by atoms with Crippen molar-refractivity contribution in [1.82, 2.24) is 0 Å². The fourth-order valence-corrected chi connectivity index (χ4v) is 3.07. The molecule has 2 nitrogen and oxygen atoms in total. The third-order valence-electron chi connectivity index (χ3n) is 3.69. The van der Waals surface area contributed by atoms with E-state index in [1.54, 1.807) is 6.07 Å². The summed E-state index contributed by atoms with van der Waals surface area (Å²) in [6.45, 7) is 3.90. The summed E-state index contributed by atoms with van der Waals surface area (Å²) in [5.74, 6) is -0.217. The molecule has 0 aliphatic carbocycles. The molecule has 0 spiro atoms. The number of hydrogen-bond acceptors (Lipinski definition) is 3. The first-order chi connectivity index (χ1) is 10.1. The normalized spacial score (nSPS) is 11.7. The molecule has 0 bridgehead atoms. The standard InChI is InChI=1S/C17H18FNOS/c1-11-12(2)17(21-3)15(18)9-14(11)10-16(19-20)13-7-5-4-6-8-13/h4-9,20H,10H2,1-3H3/b19-16-. The van der Waals surface area contributed by atoms with Crippen molar-refractivity contribution in [3.05, 3.63) is 64.5 Å². The molecule has 1 N–H and O–H groups in total. The molecule has 0 atom stereocenters. The highest BCUT2D eigenvalue weighted by Crippen LogP contribution is 2.29. The molecule has 0 fully saturated rings. The maximum atomic E-state index is 14.1. The largest absolute Gasteiger partial charge is 0.411 e. The number of rotatable bonds is 4.